The highest BCUT2D eigenvalue weighted by molar-refractivity contribution is 7.99. The summed E-state index contributed by atoms with van der Waals surface area (Å²) in [7, 11) is 0. The Labute approximate surface area is 167 Å². The standard InChI is InChI=1S/C21H24N2O2S2/c1-5-26-21-22-19-18(15-10-16(12(2)3)25-11-17(15)27-19)20(24)23(21)14-8-6-7-13(4)9-14/h6-9,12,16H,5,10-11H2,1-4H3/t16-/m0/s1. The molecule has 142 valence electrons. The highest BCUT2D eigenvalue weighted by Crippen LogP contribution is 2.36. The molecule has 0 amide bonds. The molecule has 27 heavy (non-hydrogen) atoms. The fraction of sp³-hybridized carbons (Fsp3) is 0.429. The van der Waals surface area contributed by atoms with Gasteiger partial charge in [-0.3, -0.25) is 9.36 Å². The fourth-order valence-corrected chi connectivity index (χ4v) is 5.46. The van der Waals surface area contributed by atoms with Crippen LogP contribution in [0.25, 0.3) is 15.9 Å². The summed E-state index contributed by atoms with van der Waals surface area (Å²) in [5.74, 6) is 1.29. The third-order valence-corrected chi connectivity index (χ3v) is 6.91. The third-order valence-electron chi connectivity index (χ3n) is 4.99. The molecule has 1 aliphatic heterocycles. The number of aryl methyl sites for hydroxylation is 1. The van der Waals surface area contributed by atoms with Crippen molar-refractivity contribution < 1.29 is 4.74 Å². The van der Waals surface area contributed by atoms with Crippen LogP contribution in [-0.4, -0.2) is 21.4 Å². The zero-order valence-electron chi connectivity index (χ0n) is 16.1. The lowest BCUT2D eigenvalue weighted by atomic mass is 9.96. The van der Waals surface area contributed by atoms with Crippen LogP contribution in [0.5, 0.6) is 0 Å². The molecule has 0 saturated carbocycles. The maximum Gasteiger partial charge on any atom is 0.267 e. The van der Waals surface area contributed by atoms with E-state index in [1.807, 2.05) is 31.2 Å². The number of thioether (sulfide) groups is 1. The average Bonchev–Trinajstić information content (AvgIpc) is 2.99. The molecule has 2 aromatic heterocycles. The highest BCUT2D eigenvalue weighted by atomic mass is 32.2. The van der Waals surface area contributed by atoms with Crippen LogP contribution in [0.3, 0.4) is 0 Å². The summed E-state index contributed by atoms with van der Waals surface area (Å²) in [5, 5.41) is 1.55. The molecule has 0 radical (unpaired) electrons. The Hall–Kier alpha value is -1.63. The molecule has 0 N–H and O–H groups in total. The number of hydrogen-bond acceptors (Lipinski definition) is 5. The molecule has 1 atom stereocenters. The number of thiophene rings is 1. The number of fused-ring (bicyclic) bond motifs is 3. The molecule has 0 bridgehead atoms. The summed E-state index contributed by atoms with van der Waals surface area (Å²) in [6.07, 6.45) is 0.949. The molecule has 3 aromatic rings. The predicted octanol–water partition coefficient (Wildman–Crippen LogP) is 4.96. The van der Waals surface area contributed by atoms with Gasteiger partial charge in [0.1, 0.15) is 4.83 Å². The Balaban J connectivity index is 1.97. The number of hydrogen-bond donors (Lipinski definition) is 0. The topological polar surface area (TPSA) is 44.1 Å². The second kappa shape index (κ2) is 7.41. The number of nitrogens with zero attached hydrogens (tertiary/aromatic N) is 2. The minimum absolute atomic E-state index is 0.0449. The van der Waals surface area contributed by atoms with E-state index in [-0.39, 0.29) is 11.7 Å². The Kier molecular flexibility index (Phi) is 5.14. The number of rotatable bonds is 4. The van der Waals surface area contributed by atoms with Crippen molar-refractivity contribution in [1.82, 2.24) is 9.55 Å². The summed E-state index contributed by atoms with van der Waals surface area (Å²) in [6, 6.07) is 8.07. The Morgan fingerprint density at radius 1 is 1.41 bits per heavy atom. The summed E-state index contributed by atoms with van der Waals surface area (Å²) < 4.78 is 7.80. The van der Waals surface area contributed by atoms with E-state index in [1.165, 1.54) is 0 Å². The van der Waals surface area contributed by atoms with Crippen molar-refractivity contribution in [2.75, 3.05) is 5.75 Å². The average molecular weight is 401 g/mol. The van der Waals surface area contributed by atoms with Crippen LogP contribution in [-0.2, 0) is 17.8 Å². The Morgan fingerprint density at radius 3 is 2.93 bits per heavy atom. The molecule has 0 unspecified atom stereocenters. The van der Waals surface area contributed by atoms with Crippen LogP contribution in [0, 0.1) is 12.8 Å². The van der Waals surface area contributed by atoms with Crippen LogP contribution in [0.15, 0.2) is 34.2 Å². The lowest BCUT2D eigenvalue weighted by Crippen LogP contribution is -2.28. The molecule has 0 spiro atoms. The molecule has 1 aliphatic rings. The zero-order valence-corrected chi connectivity index (χ0v) is 17.7. The molecule has 0 aliphatic carbocycles. The number of aromatic nitrogens is 2. The van der Waals surface area contributed by atoms with Gasteiger partial charge in [0, 0.05) is 11.3 Å². The highest BCUT2D eigenvalue weighted by Gasteiger charge is 2.28. The van der Waals surface area contributed by atoms with E-state index < -0.39 is 0 Å². The van der Waals surface area contributed by atoms with Crippen LogP contribution >= 0.6 is 23.1 Å². The van der Waals surface area contributed by atoms with E-state index in [0.29, 0.717) is 12.5 Å². The quantitative estimate of drug-likeness (QED) is 0.458. The van der Waals surface area contributed by atoms with Gasteiger partial charge in [-0.2, -0.15) is 0 Å². The lowest BCUT2D eigenvalue weighted by molar-refractivity contribution is 0.00200. The Morgan fingerprint density at radius 2 is 2.22 bits per heavy atom. The first kappa shape index (κ1) is 18.7. The molecule has 3 heterocycles. The van der Waals surface area contributed by atoms with E-state index in [9.17, 15) is 4.79 Å². The molecular formula is C21H24N2O2S2. The van der Waals surface area contributed by atoms with E-state index in [2.05, 4.69) is 20.8 Å². The van der Waals surface area contributed by atoms with Gasteiger partial charge in [-0.25, -0.2) is 4.98 Å². The van der Waals surface area contributed by atoms with Crippen LogP contribution in [0.4, 0.5) is 0 Å². The van der Waals surface area contributed by atoms with Crippen LogP contribution in [0.1, 0.15) is 36.8 Å². The molecular weight excluding hydrogens is 376 g/mol. The monoisotopic (exact) mass is 400 g/mol. The van der Waals surface area contributed by atoms with Crippen LogP contribution in [0.2, 0.25) is 0 Å². The Bertz CT molecular complexity index is 1050. The molecule has 0 fully saturated rings. The SMILES string of the molecule is CCSc1nc2sc3c(c2c(=O)n1-c1cccc(C)c1)C[C@@H](C(C)C)OC3. The van der Waals surface area contributed by atoms with Crippen molar-refractivity contribution in [2.24, 2.45) is 5.92 Å². The van der Waals surface area contributed by atoms with E-state index in [4.69, 9.17) is 9.72 Å². The van der Waals surface area contributed by atoms with Crippen molar-refractivity contribution in [1.29, 1.82) is 0 Å². The maximum absolute atomic E-state index is 13.6. The van der Waals surface area contributed by atoms with Gasteiger partial charge in [0.05, 0.1) is 23.8 Å². The van der Waals surface area contributed by atoms with Gasteiger partial charge in [0.25, 0.3) is 5.56 Å². The van der Waals surface area contributed by atoms with Crippen molar-refractivity contribution in [3.05, 3.63) is 50.6 Å². The maximum atomic E-state index is 13.6. The minimum atomic E-state index is 0.0449. The first-order valence-corrected chi connectivity index (χ1v) is 11.2. The molecule has 0 saturated heterocycles. The molecule has 6 heteroatoms. The van der Waals surface area contributed by atoms with Gasteiger partial charge >= 0.3 is 0 Å². The van der Waals surface area contributed by atoms with E-state index in [0.717, 1.165) is 49.2 Å². The first-order valence-electron chi connectivity index (χ1n) is 9.38. The predicted molar refractivity (Wildman–Crippen MR) is 113 cm³/mol. The zero-order chi connectivity index (χ0) is 19.1. The van der Waals surface area contributed by atoms with Crippen molar-refractivity contribution in [3.8, 4) is 5.69 Å². The third kappa shape index (κ3) is 3.35. The summed E-state index contributed by atoms with van der Waals surface area (Å²) in [5.41, 5.74) is 3.21. The van der Waals surface area contributed by atoms with Crippen molar-refractivity contribution >= 4 is 33.3 Å². The smallest absolute Gasteiger partial charge is 0.267 e. The van der Waals surface area contributed by atoms with Crippen LogP contribution < -0.4 is 5.56 Å². The van der Waals surface area contributed by atoms with Gasteiger partial charge in [0.15, 0.2) is 5.16 Å². The van der Waals surface area contributed by atoms with Crippen molar-refractivity contribution in [3.63, 3.8) is 0 Å². The lowest BCUT2D eigenvalue weighted by Gasteiger charge is -2.26. The minimum Gasteiger partial charge on any atom is -0.372 e. The summed E-state index contributed by atoms with van der Waals surface area (Å²) in [4.78, 5) is 20.5. The van der Waals surface area contributed by atoms with Gasteiger partial charge in [0.2, 0.25) is 0 Å². The number of ether oxygens (including phenoxy) is 1. The first-order chi connectivity index (χ1) is 13.0. The normalized spacial score (nSPS) is 16.9. The summed E-state index contributed by atoms with van der Waals surface area (Å²) in [6.45, 7) is 9.05. The molecule has 4 nitrogen and oxygen atoms in total. The molecule has 4 rings (SSSR count). The van der Waals surface area contributed by atoms with Gasteiger partial charge in [-0.15, -0.1) is 11.3 Å². The molecule has 1 aromatic carbocycles. The van der Waals surface area contributed by atoms with Gasteiger partial charge in [-0.1, -0.05) is 44.7 Å². The van der Waals surface area contributed by atoms with Crippen molar-refractivity contribution in [2.45, 2.75) is 52.0 Å². The van der Waals surface area contributed by atoms with E-state index in [1.54, 1.807) is 27.7 Å². The number of benzene rings is 1. The summed E-state index contributed by atoms with van der Waals surface area (Å²) >= 11 is 3.22. The largest absolute Gasteiger partial charge is 0.372 e. The van der Waals surface area contributed by atoms with Gasteiger partial charge in [-0.05, 0) is 41.9 Å². The second-order valence-corrected chi connectivity index (χ2v) is 9.60. The van der Waals surface area contributed by atoms with Gasteiger partial charge < -0.3 is 4.74 Å². The van der Waals surface area contributed by atoms with E-state index >= 15 is 0 Å². The fourth-order valence-electron chi connectivity index (χ4n) is 3.56. The second-order valence-electron chi connectivity index (χ2n) is 7.29.